The summed E-state index contributed by atoms with van der Waals surface area (Å²) in [4.78, 5) is 0. The fourth-order valence-electron chi connectivity index (χ4n) is 1.09. The quantitative estimate of drug-likeness (QED) is 0.728. The van der Waals surface area contributed by atoms with E-state index >= 15 is 0 Å². The van der Waals surface area contributed by atoms with Crippen LogP contribution in [0.2, 0.25) is 0 Å². The molecule has 1 N–H and O–H groups in total. The van der Waals surface area contributed by atoms with E-state index in [2.05, 4.69) is 17.7 Å². The fraction of sp³-hybridized carbons (Fsp3) is 0.900. The summed E-state index contributed by atoms with van der Waals surface area (Å²) >= 11 is -1.15. The molecule has 1 unspecified atom stereocenters. The Morgan fingerprint density at radius 1 is 1.50 bits per heavy atom. The molecule has 0 saturated heterocycles. The Kier molecular flexibility index (Phi) is 3.15. The van der Waals surface area contributed by atoms with Crippen molar-refractivity contribution in [3.05, 3.63) is 0 Å². The summed E-state index contributed by atoms with van der Waals surface area (Å²) in [7, 11) is 0. The van der Waals surface area contributed by atoms with Gasteiger partial charge in [0.1, 0.15) is 10.8 Å². The summed E-state index contributed by atoms with van der Waals surface area (Å²) in [6.45, 7) is 7.77. The van der Waals surface area contributed by atoms with Crippen LogP contribution in [-0.4, -0.2) is 15.3 Å². The van der Waals surface area contributed by atoms with Crippen molar-refractivity contribution in [2.24, 2.45) is 5.41 Å². The molecule has 14 heavy (non-hydrogen) atoms. The molecule has 1 fully saturated rings. The lowest BCUT2D eigenvalue weighted by atomic mass is 10.0. The first-order chi connectivity index (χ1) is 6.29. The molecule has 0 bridgehead atoms. The maximum absolute atomic E-state index is 11.8. The maximum atomic E-state index is 11.8. The van der Waals surface area contributed by atoms with Crippen LogP contribution >= 0.6 is 0 Å². The Bertz CT molecular complexity index is 250. The zero-order valence-corrected chi connectivity index (χ0v) is 10.1. The predicted octanol–water partition coefficient (Wildman–Crippen LogP) is 1.73. The van der Waals surface area contributed by atoms with E-state index in [4.69, 9.17) is 5.26 Å². The van der Waals surface area contributed by atoms with Crippen molar-refractivity contribution < 1.29 is 4.55 Å². The highest BCUT2D eigenvalue weighted by molar-refractivity contribution is 7.90. The van der Waals surface area contributed by atoms with E-state index in [0.29, 0.717) is 0 Å². The number of rotatable bonds is 3. The lowest BCUT2D eigenvalue weighted by Crippen LogP contribution is -2.47. The van der Waals surface area contributed by atoms with Crippen LogP contribution < -0.4 is 4.72 Å². The van der Waals surface area contributed by atoms with Gasteiger partial charge in [-0.3, -0.25) is 0 Å². The molecular formula is C10H18N2OS. The van der Waals surface area contributed by atoms with Crippen molar-refractivity contribution in [2.45, 2.75) is 51.3 Å². The zero-order chi connectivity index (χ0) is 11.0. The van der Waals surface area contributed by atoms with Gasteiger partial charge < -0.3 is 4.55 Å². The lowest BCUT2D eigenvalue weighted by molar-refractivity contribution is 0.458. The van der Waals surface area contributed by atoms with Gasteiger partial charge in [-0.15, -0.1) is 4.72 Å². The molecule has 1 aliphatic carbocycles. The molecule has 0 amide bonds. The first-order valence-electron chi connectivity index (χ1n) is 4.87. The van der Waals surface area contributed by atoms with Crippen molar-refractivity contribution in [3.8, 4) is 6.07 Å². The van der Waals surface area contributed by atoms with E-state index in [9.17, 15) is 4.55 Å². The first-order valence-corrected chi connectivity index (χ1v) is 6.02. The maximum Gasteiger partial charge on any atom is 0.144 e. The summed E-state index contributed by atoms with van der Waals surface area (Å²) < 4.78 is 14.4. The number of nitriles is 1. The summed E-state index contributed by atoms with van der Waals surface area (Å²) in [5.41, 5.74) is 0.0513. The minimum atomic E-state index is -1.15. The van der Waals surface area contributed by atoms with Crippen LogP contribution in [0.4, 0.5) is 0 Å². The second-order valence-corrected chi connectivity index (χ2v) is 7.21. The molecular weight excluding hydrogens is 196 g/mol. The minimum absolute atomic E-state index is 0.0513. The van der Waals surface area contributed by atoms with Crippen LogP contribution in [0.1, 0.15) is 40.5 Å². The van der Waals surface area contributed by atoms with Crippen LogP contribution in [0.15, 0.2) is 0 Å². The van der Waals surface area contributed by atoms with Crippen LogP contribution in [-0.2, 0) is 11.4 Å². The highest BCUT2D eigenvalue weighted by Gasteiger charge is 2.48. The average molecular weight is 214 g/mol. The van der Waals surface area contributed by atoms with E-state index in [1.165, 1.54) is 0 Å². The van der Waals surface area contributed by atoms with Crippen LogP contribution in [0, 0.1) is 16.7 Å². The molecule has 4 heteroatoms. The predicted molar refractivity (Wildman–Crippen MR) is 57.8 cm³/mol. The highest BCUT2D eigenvalue weighted by atomic mass is 32.2. The number of nitrogens with zero attached hydrogens (tertiary/aromatic N) is 1. The Balaban J connectivity index is 2.55. The van der Waals surface area contributed by atoms with Gasteiger partial charge in [-0.1, -0.05) is 6.92 Å². The molecule has 0 radical (unpaired) electrons. The molecule has 2 atom stereocenters. The standard InChI is InChI=1S/C10H18N2OS/c1-9(2,3)14(13)12-8(7-11)10(4)5-6-10/h8,12H,5-6H2,1-4H3/t8?,14-/m0/s1. The third-order valence-corrected chi connectivity index (χ3v) is 4.21. The van der Waals surface area contributed by atoms with Gasteiger partial charge in [0, 0.05) is 16.8 Å². The molecule has 1 saturated carbocycles. The number of hydrogen-bond acceptors (Lipinski definition) is 3. The van der Waals surface area contributed by atoms with Crippen molar-refractivity contribution in [2.75, 3.05) is 0 Å². The van der Waals surface area contributed by atoms with Crippen molar-refractivity contribution >= 4 is 11.4 Å². The van der Waals surface area contributed by atoms with Gasteiger partial charge in [0.05, 0.1) is 6.07 Å². The van der Waals surface area contributed by atoms with Gasteiger partial charge in [-0.25, -0.2) is 0 Å². The monoisotopic (exact) mass is 214 g/mol. The summed E-state index contributed by atoms with van der Waals surface area (Å²) in [5, 5.41) is 8.97. The third kappa shape index (κ3) is 2.63. The van der Waals surface area contributed by atoms with Crippen molar-refractivity contribution in [1.82, 2.24) is 4.72 Å². The smallest absolute Gasteiger partial charge is 0.144 e. The average Bonchev–Trinajstić information content (AvgIpc) is 2.78. The molecule has 0 aromatic heterocycles. The second kappa shape index (κ2) is 3.73. The molecule has 0 aliphatic heterocycles. The van der Waals surface area contributed by atoms with Crippen LogP contribution in [0.3, 0.4) is 0 Å². The molecule has 1 rings (SSSR count). The summed E-state index contributed by atoms with van der Waals surface area (Å²) in [6, 6.07) is 1.93. The third-order valence-electron chi connectivity index (χ3n) is 2.65. The van der Waals surface area contributed by atoms with Gasteiger partial charge in [-0.2, -0.15) is 5.26 Å². The molecule has 0 aromatic rings. The second-order valence-electron chi connectivity index (χ2n) is 5.22. The summed E-state index contributed by atoms with van der Waals surface area (Å²) in [6.07, 6.45) is 2.11. The Hall–Kier alpha value is -0.240. The SMILES string of the molecule is CC1(C(C#N)N[S@@+]([O-])C(C)(C)C)CC1. The van der Waals surface area contributed by atoms with E-state index in [-0.39, 0.29) is 16.2 Å². The molecule has 3 nitrogen and oxygen atoms in total. The Morgan fingerprint density at radius 3 is 2.29 bits per heavy atom. The summed E-state index contributed by atoms with van der Waals surface area (Å²) in [5.74, 6) is 0. The van der Waals surface area contributed by atoms with Gasteiger partial charge >= 0.3 is 0 Å². The minimum Gasteiger partial charge on any atom is -0.598 e. The van der Waals surface area contributed by atoms with E-state index < -0.39 is 11.4 Å². The number of hydrogen-bond donors (Lipinski definition) is 1. The van der Waals surface area contributed by atoms with Gasteiger partial charge in [0.25, 0.3) is 0 Å². The van der Waals surface area contributed by atoms with E-state index in [1.54, 1.807) is 0 Å². The fourth-order valence-corrected chi connectivity index (χ4v) is 2.00. The molecule has 80 valence electrons. The molecule has 1 aliphatic rings. The molecule has 0 heterocycles. The molecule has 0 spiro atoms. The largest absolute Gasteiger partial charge is 0.598 e. The molecule has 0 aromatic carbocycles. The van der Waals surface area contributed by atoms with Crippen LogP contribution in [0.25, 0.3) is 0 Å². The van der Waals surface area contributed by atoms with E-state index in [0.717, 1.165) is 12.8 Å². The van der Waals surface area contributed by atoms with Gasteiger partial charge in [-0.05, 0) is 33.6 Å². The highest BCUT2D eigenvalue weighted by Crippen LogP contribution is 2.48. The van der Waals surface area contributed by atoms with Gasteiger partial charge in [0.15, 0.2) is 0 Å². The Morgan fingerprint density at radius 2 is 2.00 bits per heavy atom. The van der Waals surface area contributed by atoms with Gasteiger partial charge in [0.2, 0.25) is 0 Å². The number of nitrogens with one attached hydrogen (secondary N) is 1. The normalized spacial score (nSPS) is 23.7. The van der Waals surface area contributed by atoms with E-state index in [1.807, 2.05) is 20.8 Å². The first kappa shape index (κ1) is 11.8. The topological polar surface area (TPSA) is 58.9 Å². The van der Waals surface area contributed by atoms with Crippen molar-refractivity contribution in [1.29, 1.82) is 5.26 Å². The zero-order valence-electron chi connectivity index (χ0n) is 9.26. The Labute approximate surface area is 89.2 Å². The van der Waals surface area contributed by atoms with Crippen molar-refractivity contribution in [3.63, 3.8) is 0 Å². The lowest BCUT2D eigenvalue weighted by Gasteiger charge is -2.27. The van der Waals surface area contributed by atoms with Crippen LogP contribution in [0.5, 0.6) is 0 Å².